The first-order valence-electron chi connectivity index (χ1n) is 5.23. The van der Waals surface area contributed by atoms with Gasteiger partial charge in [0.2, 0.25) is 5.78 Å². The minimum Gasteiger partial charge on any atom is -0.497 e. The first-order chi connectivity index (χ1) is 8.75. The average molecular weight is 385 g/mol. The molecule has 1 N–H and O–H groups in total. The minimum atomic E-state index is -1.99. The number of H-pyrrole nitrogens is 1. The second kappa shape index (κ2) is 5.17. The summed E-state index contributed by atoms with van der Waals surface area (Å²) in [6.07, 6.45) is 0. The number of ketones is 1. The number of methoxy groups -OCH3 is 1. The van der Waals surface area contributed by atoms with Crippen molar-refractivity contribution < 1.29 is 9.53 Å². The second-order valence-electron chi connectivity index (χ2n) is 3.98. The van der Waals surface area contributed by atoms with Crippen LogP contribution in [0.25, 0.3) is 10.9 Å². The summed E-state index contributed by atoms with van der Waals surface area (Å²) >= 11 is 20.5. The summed E-state index contributed by atoms with van der Waals surface area (Å²) in [5.41, 5.74) is 1.74. The zero-order valence-corrected chi connectivity index (χ0v) is 13.8. The molecule has 19 heavy (non-hydrogen) atoms. The fourth-order valence-electron chi connectivity index (χ4n) is 1.93. The summed E-state index contributed by atoms with van der Waals surface area (Å²) in [5.74, 6) is 0.0978. The predicted octanol–water partition coefficient (Wildman–Crippen LogP) is 4.80. The number of benzene rings is 1. The van der Waals surface area contributed by atoms with E-state index < -0.39 is 9.58 Å². The van der Waals surface area contributed by atoms with Crippen LogP contribution in [-0.2, 0) is 0 Å². The Morgan fingerprint density at radius 1 is 1.37 bits per heavy atom. The molecule has 0 fully saturated rings. The van der Waals surface area contributed by atoms with Gasteiger partial charge in [-0.2, -0.15) is 0 Å². The van der Waals surface area contributed by atoms with Crippen molar-refractivity contribution in [2.24, 2.45) is 0 Å². The summed E-state index contributed by atoms with van der Waals surface area (Å²) in [7, 11) is 1.57. The number of ether oxygens (including phenoxy) is 1. The normalized spacial score (nSPS) is 11.9. The lowest BCUT2D eigenvalue weighted by molar-refractivity contribution is 0.0997. The SMILES string of the molecule is COc1cc(Br)c2c(C(=O)C(Cl)(Cl)Cl)c(C)[nH]c2c1. The highest BCUT2D eigenvalue weighted by Crippen LogP contribution is 2.38. The molecule has 102 valence electrons. The highest BCUT2D eigenvalue weighted by atomic mass is 79.9. The van der Waals surface area contributed by atoms with Crippen LogP contribution in [0, 0.1) is 6.92 Å². The molecule has 0 aliphatic rings. The van der Waals surface area contributed by atoms with Crippen LogP contribution in [0.2, 0.25) is 0 Å². The van der Waals surface area contributed by atoms with Gasteiger partial charge in [0.05, 0.1) is 18.2 Å². The quantitative estimate of drug-likeness (QED) is 0.596. The summed E-state index contributed by atoms with van der Waals surface area (Å²) in [6.45, 7) is 1.75. The summed E-state index contributed by atoms with van der Waals surface area (Å²) in [4.78, 5) is 15.3. The van der Waals surface area contributed by atoms with Gasteiger partial charge in [-0.3, -0.25) is 4.79 Å². The molecule has 0 spiro atoms. The van der Waals surface area contributed by atoms with Gasteiger partial charge in [0.15, 0.2) is 0 Å². The Labute approximate surface area is 133 Å². The third kappa shape index (κ3) is 2.72. The van der Waals surface area contributed by atoms with E-state index in [4.69, 9.17) is 39.5 Å². The molecule has 0 bridgehead atoms. The van der Waals surface area contributed by atoms with Crippen LogP contribution in [-0.4, -0.2) is 21.7 Å². The van der Waals surface area contributed by atoms with Crippen LogP contribution >= 0.6 is 50.7 Å². The van der Waals surface area contributed by atoms with E-state index >= 15 is 0 Å². The van der Waals surface area contributed by atoms with E-state index in [1.165, 1.54) is 0 Å². The van der Waals surface area contributed by atoms with Gasteiger partial charge in [-0.25, -0.2) is 0 Å². The van der Waals surface area contributed by atoms with E-state index in [9.17, 15) is 4.79 Å². The molecule has 0 unspecified atom stereocenters. The Hall–Kier alpha value is -0.420. The molecule has 0 aliphatic carbocycles. The number of alkyl halides is 3. The molecule has 0 saturated carbocycles. The molecule has 0 atom stereocenters. The molecule has 3 nitrogen and oxygen atoms in total. The summed E-state index contributed by atoms with van der Waals surface area (Å²) in [6, 6.07) is 3.53. The van der Waals surface area contributed by atoms with Crippen molar-refractivity contribution in [2.45, 2.75) is 10.7 Å². The number of aryl methyl sites for hydroxylation is 1. The number of Topliss-reactive ketones (excluding diaryl/α,β-unsaturated/α-hetero) is 1. The first-order valence-corrected chi connectivity index (χ1v) is 7.15. The Bertz CT molecular complexity index is 661. The molecule has 1 heterocycles. The molecule has 0 radical (unpaired) electrons. The second-order valence-corrected chi connectivity index (χ2v) is 7.12. The van der Waals surface area contributed by atoms with Gasteiger partial charge in [0, 0.05) is 21.6 Å². The van der Waals surface area contributed by atoms with Crippen LogP contribution in [0.15, 0.2) is 16.6 Å². The predicted molar refractivity (Wildman–Crippen MR) is 81.9 cm³/mol. The lowest BCUT2D eigenvalue weighted by atomic mass is 10.1. The number of aromatic amines is 1. The number of hydrogen-bond donors (Lipinski definition) is 1. The van der Waals surface area contributed by atoms with Crippen LogP contribution in [0.3, 0.4) is 0 Å². The van der Waals surface area contributed by atoms with Crippen LogP contribution in [0.5, 0.6) is 5.75 Å². The van der Waals surface area contributed by atoms with Crippen molar-refractivity contribution in [2.75, 3.05) is 7.11 Å². The van der Waals surface area contributed by atoms with Crippen LogP contribution < -0.4 is 4.74 Å². The first kappa shape index (κ1) is 15.0. The van der Waals surface area contributed by atoms with Crippen molar-refractivity contribution >= 4 is 67.4 Å². The van der Waals surface area contributed by atoms with Gasteiger partial charge in [-0.1, -0.05) is 34.8 Å². The number of halogens is 4. The van der Waals surface area contributed by atoms with Crippen molar-refractivity contribution in [3.8, 4) is 5.75 Å². The zero-order valence-electron chi connectivity index (χ0n) is 9.98. The van der Waals surface area contributed by atoms with E-state index in [0.717, 1.165) is 5.52 Å². The molecule has 0 amide bonds. The van der Waals surface area contributed by atoms with Gasteiger partial charge >= 0.3 is 0 Å². The summed E-state index contributed by atoms with van der Waals surface area (Å²) in [5, 5.41) is 0.676. The smallest absolute Gasteiger partial charge is 0.253 e. The van der Waals surface area contributed by atoms with Crippen LogP contribution in [0.1, 0.15) is 16.1 Å². The van der Waals surface area contributed by atoms with E-state index in [1.54, 1.807) is 26.2 Å². The summed E-state index contributed by atoms with van der Waals surface area (Å²) < 4.78 is 3.88. The highest BCUT2D eigenvalue weighted by Gasteiger charge is 2.35. The number of fused-ring (bicyclic) bond motifs is 1. The lowest BCUT2D eigenvalue weighted by Crippen LogP contribution is -2.19. The standard InChI is InChI=1S/C12H9BrCl3NO2/c1-5-9(11(18)12(14,15)16)10-7(13)3-6(19-2)4-8(10)17-5/h3-4,17H,1-2H3. The molecule has 7 heteroatoms. The molecule has 0 saturated heterocycles. The van der Waals surface area contributed by atoms with Gasteiger partial charge in [0.1, 0.15) is 5.75 Å². The van der Waals surface area contributed by atoms with Gasteiger partial charge in [-0.15, -0.1) is 0 Å². The van der Waals surface area contributed by atoms with E-state index in [-0.39, 0.29) is 0 Å². The molecular formula is C12H9BrCl3NO2. The fraction of sp³-hybridized carbons (Fsp3) is 0.250. The maximum Gasteiger partial charge on any atom is 0.253 e. The van der Waals surface area contributed by atoms with Crippen LogP contribution in [0.4, 0.5) is 0 Å². The van der Waals surface area contributed by atoms with E-state index in [0.29, 0.717) is 26.9 Å². The van der Waals surface area contributed by atoms with Gasteiger partial charge in [0.25, 0.3) is 3.79 Å². The van der Waals surface area contributed by atoms with Crippen molar-refractivity contribution in [3.63, 3.8) is 0 Å². The molecule has 1 aromatic carbocycles. The fourth-order valence-corrected chi connectivity index (χ4v) is 2.85. The van der Waals surface area contributed by atoms with Gasteiger partial charge in [-0.05, 0) is 28.9 Å². The number of carbonyl (C=O) groups excluding carboxylic acids is 1. The topological polar surface area (TPSA) is 42.1 Å². The van der Waals surface area contributed by atoms with E-state index in [1.807, 2.05) is 0 Å². The Balaban J connectivity index is 2.76. The number of rotatable bonds is 2. The molecule has 2 rings (SSSR count). The maximum absolute atomic E-state index is 12.2. The third-order valence-electron chi connectivity index (χ3n) is 2.73. The number of hydrogen-bond acceptors (Lipinski definition) is 2. The third-order valence-corrected chi connectivity index (χ3v) is 3.87. The number of aromatic nitrogens is 1. The zero-order chi connectivity index (χ0) is 14.4. The molecule has 0 aliphatic heterocycles. The average Bonchev–Trinajstić information content (AvgIpc) is 2.63. The largest absolute Gasteiger partial charge is 0.497 e. The number of nitrogens with one attached hydrogen (secondary N) is 1. The van der Waals surface area contributed by atoms with Crippen molar-refractivity contribution in [1.29, 1.82) is 0 Å². The molecule has 2 aromatic rings. The maximum atomic E-state index is 12.2. The van der Waals surface area contributed by atoms with Gasteiger partial charge < -0.3 is 9.72 Å². The molecule has 1 aromatic heterocycles. The molecular weight excluding hydrogens is 376 g/mol. The Morgan fingerprint density at radius 2 is 2.00 bits per heavy atom. The van der Waals surface area contributed by atoms with Crippen molar-refractivity contribution in [1.82, 2.24) is 4.98 Å². The number of carbonyl (C=O) groups is 1. The van der Waals surface area contributed by atoms with Crippen molar-refractivity contribution in [3.05, 3.63) is 27.9 Å². The lowest BCUT2D eigenvalue weighted by Gasteiger charge is -2.10. The monoisotopic (exact) mass is 383 g/mol. The Kier molecular flexibility index (Phi) is 4.07. The highest BCUT2D eigenvalue weighted by molar-refractivity contribution is 9.10. The Morgan fingerprint density at radius 3 is 2.53 bits per heavy atom. The van der Waals surface area contributed by atoms with E-state index in [2.05, 4.69) is 20.9 Å². The minimum absolute atomic E-state index is 0.365.